The lowest BCUT2D eigenvalue weighted by molar-refractivity contribution is 0.0103. The Morgan fingerprint density at radius 1 is 1.46 bits per heavy atom. The van der Waals surface area contributed by atoms with Crippen LogP contribution in [0.5, 0.6) is 0 Å². The van der Waals surface area contributed by atoms with Crippen molar-refractivity contribution in [2.45, 2.75) is 31.7 Å². The third-order valence-electron chi connectivity index (χ3n) is 2.54. The smallest absolute Gasteiger partial charge is 0.261 e. The van der Waals surface area contributed by atoms with Crippen LogP contribution in [0.3, 0.4) is 0 Å². The molecule has 0 bridgehead atoms. The van der Waals surface area contributed by atoms with Gasteiger partial charge in [0.05, 0.1) is 6.54 Å². The number of likely N-dealkylation sites (tertiary alicyclic amines) is 1. The van der Waals surface area contributed by atoms with Gasteiger partial charge in [-0.2, -0.15) is 0 Å². The van der Waals surface area contributed by atoms with Gasteiger partial charge < -0.3 is 5.32 Å². The molecule has 2 nitrogen and oxygen atoms in total. The Balaban J connectivity index is 2.40. The summed E-state index contributed by atoms with van der Waals surface area (Å²) < 4.78 is 25.6. The summed E-state index contributed by atoms with van der Waals surface area (Å²) in [6.07, 6.45) is 0.00674. The number of halogens is 2. The summed E-state index contributed by atoms with van der Waals surface area (Å²) in [7, 11) is 1.86. The van der Waals surface area contributed by atoms with Crippen LogP contribution in [0, 0.1) is 0 Å². The monoisotopic (exact) mass is 192 g/mol. The number of alkyl halides is 2. The normalized spacial score (nSPS) is 23.8. The van der Waals surface area contributed by atoms with Crippen LogP contribution in [0.1, 0.15) is 20.3 Å². The van der Waals surface area contributed by atoms with E-state index in [9.17, 15) is 8.78 Å². The molecule has 4 heteroatoms. The lowest BCUT2D eigenvalue weighted by Crippen LogP contribution is -2.47. The molecule has 78 valence electrons. The summed E-state index contributed by atoms with van der Waals surface area (Å²) in [5.74, 6) is -2.47. The van der Waals surface area contributed by atoms with Crippen molar-refractivity contribution in [2.24, 2.45) is 0 Å². The van der Waals surface area contributed by atoms with Gasteiger partial charge in [-0.1, -0.05) is 0 Å². The third-order valence-corrected chi connectivity index (χ3v) is 2.54. The van der Waals surface area contributed by atoms with Gasteiger partial charge in [0, 0.05) is 25.0 Å². The van der Waals surface area contributed by atoms with Gasteiger partial charge in [-0.25, -0.2) is 8.78 Å². The molecule has 0 atom stereocenters. The van der Waals surface area contributed by atoms with E-state index in [1.807, 2.05) is 25.8 Å². The molecular formula is C9H18F2N2. The lowest BCUT2D eigenvalue weighted by atomic mass is 10.1. The summed E-state index contributed by atoms with van der Waals surface area (Å²) in [6.45, 7) is 5.14. The molecule has 0 saturated carbocycles. The summed E-state index contributed by atoms with van der Waals surface area (Å²) >= 11 is 0. The molecule has 1 fully saturated rings. The van der Waals surface area contributed by atoms with Crippen LogP contribution in [-0.4, -0.2) is 43.0 Å². The Morgan fingerprint density at radius 2 is 2.08 bits per heavy atom. The quantitative estimate of drug-likeness (QED) is 0.725. The van der Waals surface area contributed by atoms with Gasteiger partial charge in [0.2, 0.25) is 0 Å². The van der Waals surface area contributed by atoms with Crippen LogP contribution >= 0.6 is 0 Å². The van der Waals surface area contributed by atoms with Gasteiger partial charge in [0.25, 0.3) is 5.92 Å². The standard InChI is InChI=1S/C9H18F2N2/c1-8(2,12-3)6-13-5-4-9(10,11)7-13/h12H,4-7H2,1-3H3. The first-order valence-electron chi connectivity index (χ1n) is 4.64. The first-order chi connectivity index (χ1) is 5.85. The van der Waals surface area contributed by atoms with E-state index in [0.717, 1.165) is 0 Å². The average Bonchev–Trinajstić information content (AvgIpc) is 2.29. The highest BCUT2D eigenvalue weighted by Crippen LogP contribution is 2.27. The molecule has 0 aromatic rings. The summed E-state index contributed by atoms with van der Waals surface area (Å²) in [5.41, 5.74) is -0.0829. The van der Waals surface area contributed by atoms with E-state index in [0.29, 0.717) is 13.1 Å². The summed E-state index contributed by atoms with van der Waals surface area (Å²) in [4.78, 5) is 1.82. The van der Waals surface area contributed by atoms with Crippen molar-refractivity contribution in [2.75, 3.05) is 26.7 Å². The van der Waals surface area contributed by atoms with Gasteiger partial charge in [-0.05, 0) is 20.9 Å². The number of rotatable bonds is 3. The second kappa shape index (κ2) is 3.50. The van der Waals surface area contributed by atoms with Gasteiger partial charge in [-0.3, -0.25) is 4.90 Å². The number of likely N-dealkylation sites (N-methyl/N-ethyl adjacent to an activating group) is 1. The zero-order valence-corrected chi connectivity index (χ0v) is 8.53. The predicted octanol–water partition coefficient (Wildman–Crippen LogP) is 1.33. The van der Waals surface area contributed by atoms with Crippen molar-refractivity contribution in [3.05, 3.63) is 0 Å². The fourth-order valence-corrected chi connectivity index (χ4v) is 1.58. The van der Waals surface area contributed by atoms with E-state index in [2.05, 4.69) is 5.32 Å². The molecular weight excluding hydrogens is 174 g/mol. The molecule has 0 aliphatic carbocycles. The molecule has 0 aromatic heterocycles. The highest BCUT2D eigenvalue weighted by Gasteiger charge is 2.39. The topological polar surface area (TPSA) is 15.3 Å². The SMILES string of the molecule is CNC(C)(C)CN1CCC(F)(F)C1. The fourth-order valence-electron chi connectivity index (χ4n) is 1.58. The molecule has 0 aromatic carbocycles. The predicted molar refractivity (Wildman–Crippen MR) is 49.1 cm³/mol. The fraction of sp³-hybridized carbons (Fsp3) is 1.00. The third kappa shape index (κ3) is 3.19. The summed E-state index contributed by atoms with van der Waals surface area (Å²) in [6, 6.07) is 0. The Kier molecular flexibility index (Phi) is 2.92. The molecule has 1 heterocycles. The molecule has 1 rings (SSSR count). The Bertz CT molecular complexity index is 180. The van der Waals surface area contributed by atoms with Gasteiger partial charge in [-0.15, -0.1) is 0 Å². The molecule has 1 aliphatic heterocycles. The molecule has 0 unspecified atom stereocenters. The van der Waals surface area contributed by atoms with Gasteiger partial charge >= 0.3 is 0 Å². The van der Waals surface area contributed by atoms with Crippen molar-refractivity contribution >= 4 is 0 Å². The molecule has 1 saturated heterocycles. The minimum Gasteiger partial charge on any atom is -0.314 e. The minimum atomic E-state index is -2.47. The van der Waals surface area contributed by atoms with Crippen LogP contribution < -0.4 is 5.32 Å². The Hall–Kier alpha value is -0.220. The molecule has 1 N–H and O–H groups in total. The minimum absolute atomic E-state index is 0.00674. The van der Waals surface area contributed by atoms with Crippen molar-refractivity contribution in [3.8, 4) is 0 Å². The highest BCUT2D eigenvalue weighted by atomic mass is 19.3. The second-order valence-electron chi connectivity index (χ2n) is 4.45. The zero-order valence-electron chi connectivity index (χ0n) is 8.53. The maximum absolute atomic E-state index is 12.8. The number of nitrogens with one attached hydrogen (secondary N) is 1. The Morgan fingerprint density at radius 3 is 2.46 bits per heavy atom. The number of hydrogen-bond donors (Lipinski definition) is 1. The first kappa shape index (κ1) is 10.9. The second-order valence-corrected chi connectivity index (χ2v) is 4.45. The van der Waals surface area contributed by atoms with Crippen molar-refractivity contribution < 1.29 is 8.78 Å². The zero-order chi connectivity index (χ0) is 10.1. The summed E-state index contributed by atoms with van der Waals surface area (Å²) in [5, 5.41) is 3.11. The molecule has 0 amide bonds. The van der Waals surface area contributed by atoms with Crippen molar-refractivity contribution in [3.63, 3.8) is 0 Å². The molecule has 13 heavy (non-hydrogen) atoms. The Labute approximate surface area is 78.3 Å². The van der Waals surface area contributed by atoms with Crippen LogP contribution in [0.2, 0.25) is 0 Å². The maximum atomic E-state index is 12.8. The van der Waals surface area contributed by atoms with Crippen molar-refractivity contribution in [1.82, 2.24) is 10.2 Å². The molecule has 0 radical (unpaired) electrons. The van der Waals surface area contributed by atoms with Crippen LogP contribution in [0.4, 0.5) is 8.78 Å². The van der Waals surface area contributed by atoms with Gasteiger partial charge in [0.1, 0.15) is 0 Å². The van der Waals surface area contributed by atoms with E-state index in [1.165, 1.54) is 0 Å². The van der Waals surface area contributed by atoms with Crippen LogP contribution in [0.15, 0.2) is 0 Å². The van der Waals surface area contributed by atoms with Crippen LogP contribution in [-0.2, 0) is 0 Å². The number of hydrogen-bond acceptors (Lipinski definition) is 2. The van der Waals surface area contributed by atoms with E-state index in [-0.39, 0.29) is 18.5 Å². The van der Waals surface area contributed by atoms with Crippen molar-refractivity contribution in [1.29, 1.82) is 0 Å². The number of nitrogens with zero attached hydrogens (tertiary/aromatic N) is 1. The largest absolute Gasteiger partial charge is 0.314 e. The van der Waals surface area contributed by atoms with Gasteiger partial charge in [0.15, 0.2) is 0 Å². The first-order valence-corrected chi connectivity index (χ1v) is 4.64. The van der Waals surface area contributed by atoms with E-state index < -0.39 is 5.92 Å². The molecule has 1 aliphatic rings. The van der Waals surface area contributed by atoms with E-state index in [1.54, 1.807) is 0 Å². The van der Waals surface area contributed by atoms with E-state index >= 15 is 0 Å². The average molecular weight is 192 g/mol. The maximum Gasteiger partial charge on any atom is 0.261 e. The molecule has 0 spiro atoms. The lowest BCUT2D eigenvalue weighted by Gasteiger charge is -2.29. The van der Waals surface area contributed by atoms with Crippen LogP contribution in [0.25, 0.3) is 0 Å². The highest BCUT2D eigenvalue weighted by molar-refractivity contribution is 4.87. The van der Waals surface area contributed by atoms with E-state index in [4.69, 9.17) is 0 Å².